The first kappa shape index (κ1) is 19.1. The third kappa shape index (κ3) is 7.96. The lowest BCUT2D eigenvalue weighted by Gasteiger charge is -2.12. The summed E-state index contributed by atoms with van der Waals surface area (Å²) in [6.45, 7) is 11.7. The van der Waals surface area contributed by atoms with Gasteiger partial charge in [0.1, 0.15) is 0 Å². The van der Waals surface area contributed by atoms with Gasteiger partial charge >= 0.3 is 0 Å². The van der Waals surface area contributed by atoms with Gasteiger partial charge in [-0.15, -0.1) is 0 Å². The van der Waals surface area contributed by atoms with E-state index >= 15 is 0 Å². The highest BCUT2D eigenvalue weighted by Gasteiger charge is 2.16. The minimum Gasteiger partial charge on any atom is -0.321 e. The molecule has 1 rings (SSSR count). The van der Waals surface area contributed by atoms with E-state index < -0.39 is 6.04 Å². The Morgan fingerprint density at radius 3 is 2.00 bits per heavy atom. The van der Waals surface area contributed by atoms with E-state index in [1.807, 2.05) is 53.7 Å². The SMILES string of the molecule is CC.CC.CC(C)C(=O)C(N)Cc1ccncc1. The summed E-state index contributed by atoms with van der Waals surface area (Å²) in [5, 5.41) is 0. The number of pyridine rings is 1. The molecule has 1 aromatic heterocycles. The summed E-state index contributed by atoms with van der Waals surface area (Å²) < 4.78 is 0. The van der Waals surface area contributed by atoms with Gasteiger partial charge in [-0.25, -0.2) is 0 Å². The molecule has 0 saturated carbocycles. The van der Waals surface area contributed by atoms with Crippen LogP contribution in [0.1, 0.15) is 47.1 Å². The molecule has 0 fully saturated rings. The number of carbonyl (C=O) groups excluding carboxylic acids is 1. The molecule has 0 aliphatic carbocycles. The minimum absolute atomic E-state index is 0.00633. The van der Waals surface area contributed by atoms with Crippen molar-refractivity contribution in [3.05, 3.63) is 30.1 Å². The number of aromatic nitrogens is 1. The molecule has 0 aliphatic rings. The van der Waals surface area contributed by atoms with Gasteiger partial charge in [0, 0.05) is 18.3 Å². The van der Waals surface area contributed by atoms with Gasteiger partial charge in [0.2, 0.25) is 0 Å². The fourth-order valence-electron chi connectivity index (χ4n) is 1.30. The Hall–Kier alpha value is -1.22. The fourth-order valence-corrected chi connectivity index (χ4v) is 1.30. The lowest BCUT2D eigenvalue weighted by atomic mass is 9.97. The van der Waals surface area contributed by atoms with Crippen LogP contribution in [0.15, 0.2) is 24.5 Å². The molecule has 1 atom stereocenters. The molecule has 3 nitrogen and oxygen atoms in total. The van der Waals surface area contributed by atoms with Crippen LogP contribution in [0.25, 0.3) is 0 Å². The van der Waals surface area contributed by atoms with Crippen molar-refractivity contribution in [2.24, 2.45) is 11.7 Å². The number of hydrogen-bond acceptors (Lipinski definition) is 3. The van der Waals surface area contributed by atoms with Gasteiger partial charge in [0.15, 0.2) is 5.78 Å². The van der Waals surface area contributed by atoms with Gasteiger partial charge in [-0.05, 0) is 24.1 Å². The molecule has 0 aromatic carbocycles. The lowest BCUT2D eigenvalue weighted by molar-refractivity contribution is -0.123. The average Bonchev–Trinajstić information content (AvgIpc) is 2.43. The maximum Gasteiger partial charge on any atom is 0.152 e. The van der Waals surface area contributed by atoms with Gasteiger partial charge in [0.25, 0.3) is 0 Å². The van der Waals surface area contributed by atoms with Gasteiger partial charge in [-0.1, -0.05) is 41.5 Å². The first-order valence-corrected chi connectivity index (χ1v) is 6.79. The predicted molar refractivity (Wildman–Crippen MR) is 78.5 cm³/mol. The summed E-state index contributed by atoms with van der Waals surface area (Å²) >= 11 is 0. The normalized spacial score (nSPS) is 10.7. The molecule has 1 unspecified atom stereocenters. The third-order valence-corrected chi connectivity index (χ3v) is 2.14. The summed E-state index contributed by atoms with van der Waals surface area (Å²) in [7, 11) is 0. The van der Waals surface area contributed by atoms with Crippen LogP contribution >= 0.6 is 0 Å². The molecule has 104 valence electrons. The van der Waals surface area contributed by atoms with E-state index in [1.54, 1.807) is 12.4 Å². The molecule has 18 heavy (non-hydrogen) atoms. The molecule has 2 N–H and O–H groups in total. The quantitative estimate of drug-likeness (QED) is 0.895. The average molecular weight is 252 g/mol. The molecule has 0 saturated heterocycles. The highest BCUT2D eigenvalue weighted by atomic mass is 16.1. The summed E-state index contributed by atoms with van der Waals surface area (Å²) in [4.78, 5) is 15.4. The van der Waals surface area contributed by atoms with Crippen LogP contribution in [0, 0.1) is 5.92 Å². The summed E-state index contributed by atoms with van der Waals surface area (Å²) in [5.74, 6) is 0.119. The van der Waals surface area contributed by atoms with Crippen molar-refractivity contribution in [3.8, 4) is 0 Å². The monoisotopic (exact) mass is 252 g/mol. The van der Waals surface area contributed by atoms with Crippen molar-refractivity contribution >= 4 is 5.78 Å². The first-order chi connectivity index (χ1) is 8.61. The van der Waals surface area contributed by atoms with Crippen LogP contribution in [0.5, 0.6) is 0 Å². The van der Waals surface area contributed by atoms with Crippen LogP contribution in [0.2, 0.25) is 0 Å². The number of Topliss-reactive ketones (excluding diaryl/α,β-unsaturated/α-hetero) is 1. The van der Waals surface area contributed by atoms with Crippen LogP contribution in [-0.4, -0.2) is 16.8 Å². The Balaban J connectivity index is 0. The van der Waals surface area contributed by atoms with Crippen molar-refractivity contribution in [2.75, 3.05) is 0 Å². The summed E-state index contributed by atoms with van der Waals surface area (Å²) in [5.41, 5.74) is 6.84. The van der Waals surface area contributed by atoms with E-state index in [1.165, 1.54) is 0 Å². The van der Waals surface area contributed by atoms with Crippen molar-refractivity contribution in [1.29, 1.82) is 0 Å². The largest absolute Gasteiger partial charge is 0.321 e. The zero-order chi connectivity index (χ0) is 14.6. The molecule has 0 spiro atoms. The molecular formula is C15H28N2O. The van der Waals surface area contributed by atoms with Gasteiger partial charge in [-0.2, -0.15) is 0 Å². The molecule has 0 radical (unpaired) electrons. The summed E-state index contributed by atoms with van der Waals surface area (Å²) in [6.07, 6.45) is 4.02. The van der Waals surface area contributed by atoms with E-state index in [4.69, 9.17) is 5.73 Å². The zero-order valence-electron chi connectivity index (χ0n) is 12.6. The molecule has 1 aromatic rings. The number of rotatable bonds is 4. The third-order valence-electron chi connectivity index (χ3n) is 2.14. The standard InChI is InChI=1S/C11H16N2O.2C2H6/c1-8(2)11(14)10(12)7-9-3-5-13-6-4-9;2*1-2/h3-6,8,10H,7,12H2,1-2H3;2*1-2H3. The van der Waals surface area contributed by atoms with Gasteiger partial charge < -0.3 is 5.73 Å². The zero-order valence-corrected chi connectivity index (χ0v) is 12.6. The second kappa shape index (κ2) is 12.2. The van der Waals surface area contributed by atoms with Crippen LogP contribution in [0.4, 0.5) is 0 Å². The van der Waals surface area contributed by atoms with Gasteiger partial charge in [0.05, 0.1) is 6.04 Å². The lowest BCUT2D eigenvalue weighted by Crippen LogP contribution is -2.35. The minimum atomic E-state index is -0.391. The molecular weight excluding hydrogens is 224 g/mol. The van der Waals surface area contributed by atoms with E-state index in [-0.39, 0.29) is 11.7 Å². The van der Waals surface area contributed by atoms with Crippen LogP contribution < -0.4 is 5.73 Å². The molecule has 0 aliphatic heterocycles. The number of hydrogen-bond donors (Lipinski definition) is 1. The topological polar surface area (TPSA) is 56.0 Å². The Kier molecular flexibility index (Phi) is 13.0. The second-order valence-corrected chi connectivity index (χ2v) is 3.72. The predicted octanol–water partition coefficient (Wildman–Crippen LogP) is 3.23. The van der Waals surface area contributed by atoms with E-state index in [0.29, 0.717) is 6.42 Å². The van der Waals surface area contributed by atoms with E-state index in [0.717, 1.165) is 5.56 Å². The van der Waals surface area contributed by atoms with Crippen molar-refractivity contribution < 1.29 is 4.79 Å². The maximum absolute atomic E-state index is 11.5. The van der Waals surface area contributed by atoms with E-state index in [2.05, 4.69) is 4.98 Å². The number of carbonyl (C=O) groups is 1. The van der Waals surface area contributed by atoms with Crippen LogP contribution in [-0.2, 0) is 11.2 Å². The Morgan fingerprint density at radius 1 is 1.17 bits per heavy atom. The molecule has 0 amide bonds. The Labute approximate surface area is 112 Å². The molecule has 0 bridgehead atoms. The fraction of sp³-hybridized carbons (Fsp3) is 0.600. The second-order valence-electron chi connectivity index (χ2n) is 3.72. The van der Waals surface area contributed by atoms with Gasteiger partial charge in [-0.3, -0.25) is 9.78 Å². The number of nitrogens with zero attached hydrogens (tertiary/aromatic N) is 1. The number of nitrogens with two attached hydrogens (primary N) is 1. The highest BCUT2D eigenvalue weighted by Crippen LogP contribution is 2.05. The molecule has 3 heteroatoms. The highest BCUT2D eigenvalue weighted by molar-refractivity contribution is 5.85. The maximum atomic E-state index is 11.5. The number of ketones is 1. The van der Waals surface area contributed by atoms with Crippen LogP contribution in [0.3, 0.4) is 0 Å². The molecule has 1 heterocycles. The first-order valence-electron chi connectivity index (χ1n) is 6.79. The Bertz CT molecular complexity index is 297. The van der Waals surface area contributed by atoms with Crippen molar-refractivity contribution in [2.45, 2.75) is 54.0 Å². The van der Waals surface area contributed by atoms with Crippen molar-refractivity contribution in [3.63, 3.8) is 0 Å². The summed E-state index contributed by atoms with van der Waals surface area (Å²) in [6, 6.07) is 3.37. The smallest absolute Gasteiger partial charge is 0.152 e. The van der Waals surface area contributed by atoms with E-state index in [9.17, 15) is 4.79 Å². The Morgan fingerprint density at radius 2 is 1.61 bits per heavy atom. The van der Waals surface area contributed by atoms with Crippen molar-refractivity contribution in [1.82, 2.24) is 4.98 Å².